The van der Waals surface area contributed by atoms with E-state index < -0.39 is 0 Å². The predicted octanol–water partition coefficient (Wildman–Crippen LogP) is 1.33. The lowest BCUT2D eigenvalue weighted by Crippen LogP contribution is -2.41. The number of hydrogen-bond acceptors (Lipinski definition) is 3. The first-order valence-electron chi connectivity index (χ1n) is 7.63. The van der Waals surface area contributed by atoms with Gasteiger partial charge in [0.05, 0.1) is 0 Å². The Kier molecular flexibility index (Phi) is 3.61. The van der Waals surface area contributed by atoms with Crippen molar-refractivity contribution >= 4 is 11.7 Å². The van der Waals surface area contributed by atoms with Crippen LogP contribution >= 0.6 is 0 Å². The third-order valence-corrected chi connectivity index (χ3v) is 5.01. The molecule has 114 valence electrons. The van der Waals surface area contributed by atoms with Gasteiger partial charge < -0.3 is 9.88 Å². The van der Waals surface area contributed by atoms with Gasteiger partial charge in [-0.3, -0.25) is 14.5 Å². The molecule has 2 aliphatic rings. The maximum atomic E-state index is 11.4. The summed E-state index contributed by atoms with van der Waals surface area (Å²) >= 11 is 0. The van der Waals surface area contributed by atoms with Crippen molar-refractivity contribution in [2.75, 3.05) is 19.6 Å². The lowest BCUT2D eigenvalue weighted by molar-refractivity contribution is -0.119. The van der Waals surface area contributed by atoms with Crippen LogP contribution in [0.2, 0.25) is 0 Å². The molecule has 0 radical (unpaired) electrons. The summed E-state index contributed by atoms with van der Waals surface area (Å²) in [6.07, 6.45) is 4.76. The standard InChI is InChI=1S/C16H23N3O2/c1-12(20)13-7-14(18(2)9-13)10-19-5-3-16(4-6-19)8-15(21)17-11-16/h7,9H,3-6,8,10-11H2,1-2H3,(H,17,21). The van der Waals surface area contributed by atoms with Gasteiger partial charge in [-0.15, -0.1) is 0 Å². The number of likely N-dealkylation sites (tertiary alicyclic amines) is 1. The molecule has 0 unspecified atom stereocenters. The maximum absolute atomic E-state index is 11.4. The molecular weight excluding hydrogens is 266 g/mol. The van der Waals surface area contributed by atoms with E-state index in [1.807, 2.05) is 23.9 Å². The highest BCUT2D eigenvalue weighted by atomic mass is 16.2. The monoisotopic (exact) mass is 289 g/mol. The highest BCUT2D eigenvalue weighted by molar-refractivity contribution is 5.94. The molecular formula is C16H23N3O2. The van der Waals surface area contributed by atoms with Gasteiger partial charge in [0.2, 0.25) is 5.91 Å². The van der Waals surface area contributed by atoms with Gasteiger partial charge in [-0.25, -0.2) is 0 Å². The number of rotatable bonds is 3. The molecule has 3 heterocycles. The molecule has 3 rings (SSSR count). The van der Waals surface area contributed by atoms with Gasteiger partial charge >= 0.3 is 0 Å². The molecule has 0 bridgehead atoms. The van der Waals surface area contributed by atoms with Crippen LogP contribution in [-0.2, 0) is 18.4 Å². The highest BCUT2D eigenvalue weighted by Crippen LogP contribution is 2.37. The SMILES string of the molecule is CC(=O)c1cc(CN2CCC3(CC2)CNC(=O)C3)n(C)c1. The second-order valence-corrected chi connectivity index (χ2v) is 6.62. The van der Waals surface area contributed by atoms with Crippen molar-refractivity contribution in [1.29, 1.82) is 0 Å². The summed E-state index contributed by atoms with van der Waals surface area (Å²) in [4.78, 5) is 25.3. The highest BCUT2D eigenvalue weighted by Gasteiger charge is 2.40. The van der Waals surface area contributed by atoms with Gasteiger partial charge in [0.1, 0.15) is 0 Å². The predicted molar refractivity (Wildman–Crippen MR) is 80.0 cm³/mol. The Morgan fingerprint density at radius 2 is 2.10 bits per heavy atom. The van der Waals surface area contributed by atoms with E-state index in [-0.39, 0.29) is 17.1 Å². The first kappa shape index (κ1) is 14.3. The molecule has 0 saturated carbocycles. The molecule has 2 fully saturated rings. The molecule has 1 amide bonds. The van der Waals surface area contributed by atoms with Gasteiger partial charge in [-0.05, 0) is 44.3 Å². The second kappa shape index (κ2) is 5.30. The molecule has 0 aromatic carbocycles. The van der Waals surface area contributed by atoms with Crippen molar-refractivity contribution in [1.82, 2.24) is 14.8 Å². The van der Waals surface area contributed by atoms with Gasteiger partial charge in [-0.2, -0.15) is 0 Å². The van der Waals surface area contributed by atoms with E-state index in [1.165, 1.54) is 5.69 Å². The van der Waals surface area contributed by atoms with Crippen LogP contribution in [0.15, 0.2) is 12.3 Å². The Hall–Kier alpha value is -1.62. The van der Waals surface area contributed by atoms with Crippen LogP contribution in [0.4, 0.5) is 0 Å². The Morgan fingerprint density at radius 3 is 2.62 bits per heavy atom. The van der Waals surface area contributed by atoms with E-state index >= 15 is 0 Å². The zero-order chi connectivity index (χ0) is 15.0. The van der Waals surface area contributed by atoms with Crippen LogP contribution in [-0.4, -0.2) is 40.8 Å². The minimum atomic E-state index is 0.116. The molecule has 2 aliphatic heterocycles. The number of carbonyl (C=O) groups is 2. The third-order valence-electron chi connectivity index (χ3n) is 5.01. The molecule has 1 spiro atoms. The van der Waals surface area contributed by atoms with E-state index in [0.29, 0.717) is 6.42 Å². The number of amides is 1. The molecule has 1 aromatic rings. The fourth-order valence-corrected chi connectivity index (χ4v) is 3.48. The number of hydrogen-bond donors (Lipinski definition) is 1. The fraction of sp³-hybridized carbons (Fsp3) is 0.625. The number of ketones is 1. The maximum Gasteiger partial charge on any atom is 0.220 e. The van der Waals surface area contributed by atoms with Crippen LogP contribution < -0.4 is 5.32 Å². The summed E-state index contributed by atoms with van der Waals surface area (Å²) in [6.45, 7) is 5.37. The van der Waals surface area contributed by atoms with E-state index in [9.17, 15) is 9.59 Å². The minimum Gasteiger partial charge on any atom is -0.356 e. The van der Waals surface area contributed by atoms with Gasteiger partial charge in [-0.1, -0.05) is 0 Å². The molecule has 2 saturated heterocycles. The number of aryl methyl sites for hydroxylation is 1. The first-order valence-corrected chi connectivity index (χ1v) is 7.63. The minimum absolute atomic E-state index is 0.116. The van der Waals surface area contributed by atoms with Crippen LogP contribution in [0.25, 0.3) is 0 Å². The molecule has 5 heteroatoms. The van der Waals surface area contributed by atoms with E-state index in [1.54, 1.807) is 6.92 Å². The topological polar surface area (TPSA) is 54.3 Å². The molecule has 0 aliphatic carbocycles. The number of aromatic nitrogens is 1. The molecule has 1 N–H and O–H groups in total. The fourth-order valence-electron chi connectivity index (χ4n) is 3.48. The molecule has 5 nitrogen and oxygen atoms in total. The lowest BCUT2D eigenvalue weighted by Gasteiger charge is -2.38. The smallest absolute Gasteiger partial charge is 0.220 e. The third kappa shape index (κ3) is 2.88. The van der Waals surface area contributed by atoms with Crippen molar-refractivity contribution in [3.05, 3.63) is 23.5 Å². The number of nitrogens with zero attached hydrogens (tertiary/aromatic N) is 2. The normalized spacial score (nSPS) is 21.7. The van der Waals surface area contributed by atoms with Crippen molar-refractivity contribution < 1.29 is 9.59 Å². The molecule has 21 heavy (non-hydrogen) atoms. The summed E-state index contributed by atoms with van der Waals surface area (Å²) in [5.74, 6) is 0.321. The summed E-state index contributed by atoms with van der Waals surface area (Å²) in [6, 6.07) is 1.99. The Labute approximate surface area is 125 Å². The first-order chi connectivity index (χ1) is 9.97. The second-order valence-electron chi connectivity index (χ2n) is 6.62. The quantitative estimate of drug-likeness (QED) is 0.854. The van der Waals surface area contributed by atoms with Crippen molar-refractivity contribution in [3.8, 4) is 0 Å². The largest absolute Gasteiger partial charge is 0.356 e. The molecule has 1 aromatic heterocycles. The van der Waals surface area contributed by atoms with Crippen LogP contribution in [0.5, 0.6) is 0 Å². The van der Waals surface area contributed by atoms with E-state index in [0.717, 1.165) is 44.6 Å². The Bertz CT molecular complexity index is 568. The lowest BCUT2D eigenvalue weighted by atomic mass is 9.77. The zero-order valence-corrected chi connectivity index (χ0v) is 12.8. The average Bonchev–Trinajstić information content (AvgIpc) is 2.98. The number of Topliss-reactive ketones (excluding diaryl/α,β-unsaturated/α-hetero) is 1. The number of piperidine rings is 1. The molecule has 0 atom stereocenters. The van der Waals surface area contributed by atoms with E-state index in [4.69, 9.17) is 0 Å². The van der Waals surface area contributed by atoms with Crippen molar-refractivity contribution in [2.45, 2.75) is 32.7 Å². The number of carbonyl (C=O) groups excluding carboxylic acids is 2. The van der Waals surface area contributed by atoms with Gasteiger partial charge in [0.25, 0.3) is 0 Å². The Balaban J connectivity index is 1.60. The van der Waals surface area contributed by atoms with E-state index in [2.05, 4.69) is 10.2 Å². The summed E-state index contributed by atoms with van der Waals surface area (Å²) in [5, 5.41) is 2.97. The Morgan fingerprint density at radius 1 is 1.38 bits per heavy atom. The summed E-state index contributed by atoms with van der Waals surface area (Å²) < 4.78 is 2.04. The van der Waals surface area contributed by atoms with Gasteiger partial charge in [0, 0.05) is 44.0 Å². The van der Waals surface area contributed by atoms with Gasteiger partial charge in [0.15, 0.2) is 5.78 Å². The number of nitrogens with one attached hydrogen (secondary N) is 1. The van der Waals surface area contributed by atoms with Crippen molar-refractivity contribution in [3.63, 3.8) is 0 Å². The summed E-state index contributed by atoms with van der Waals surface area (Å²) in [5.41, 5.74) is 2.16. The van der Waals surface area contributed by atoms with Crippen molar-refractivity contribution in [2.24, 2.45) is 12.5 Å². The summed E-state index contributed by atoms with van der Waals surface area (Å²) in [7, 11) is 1.99. The average molecular weight is 289 g/mol. The van der Waals surface area contributed by atoms with Crippen LogP contribution in [0.3, 0.4) is 0 Å². The zero-order valence-electron chi connectivity index (χ0n) is 12.8. The van der Waals surface area contributed by atoms with Crippen LogP contribution in [0.1, 0.15) is 42.2 Å². The van der Waals surface area contributed by atoms with Crippen LogP contribution in [0, 0.1) is 5.41 Å².